The summed E-state index contributed by atoms with van der Waals surface area (Å²) in [7, 11) is 0. The highest BCUT2D eigenvalue weighted by molar-refractivity contribution is 6.30. The summed E-state index contributed by atoms with van der Waals surface area (Å²) < 4.78 is 40.4. The lowest BCUT2D eigenvalue weighted by atomic mass is 10.1. The minimum atomic E-state index is -4.67. The number of halogens is 4. The number of rotatable bonds is 4. The maximum absolute atomic E-state index is 13.5. The first-order valence-corrected chi connectivity index (χ1v) is 11.0. The molecule has 3 aromatic rings. The number of nitrogens with zero attached hydrogens (tertiary/aromatic N) is 5. The van der Waals surface area contributed by atoms with E-state index in [-0.39, 0.29) is 18.1 Å². The van der Waals surface area contributed by atoms with Crippen LogP contribution in [0, 0.1) is 0 Å². The number of amides is 1. The van der Waals surface area contributed by atoms with Gasteiger partial charge in [-0.2, -0.15) is 13.2 Å². The number of hydrogen-bond acceptors (Lipinski definition) is 6. The molecule has 3 heterocycles. The smallest absolute Gasteiger partial charge is 0.364 e. The molecule has 1 N–H and O–H groups in total. The van der Waals surface area contributed by atoms with E-state index in [4.69, 9.17) is 21.6 Å². The number of carbonyl (C=O) groups is 1. The molecule has 1 aliphatic heterocycles. The number of pyridine rings is 1. The number of anilines is 2. The Bertz CT molecular complexity index is 1210. The SMILES string of the molecule is O=C(c1ccc(Cl)cc1C(F)(F)F)N1CCN(c2nc3cnccc3nc2NC2CC2)CC1. The Hall–Kier alpha value is -3.14. The zero-order chi connectivity index (χ0) is 23.2. The van der Waals surface area contributed by atoms with Gasteiger partial charge in [-0.05, 0) is 37.1 Å². The summed E-state index contributed by atoms with van der Waals surface area (Å²) in [5.74, 6) is 0.675. The van der Waals surface area contributed by atoms with Gasteiger partial charge in [0.1, 0.15) is 5.52 Å². The first kappa shape index (κ1) is 21.7. The van der Waals surface area contributed by atoms with E-state index >= 15 is 0 Å². The van der Waals surface area contributed by atoms with E-state index in [1.54, 1.807) is 18.5 Å². The average molecular weight is 477 g/mol. The van der Waals surface area contributed by atoms with Crippen molar-refractivity contribution < 1.29 is 18.0 Å². The Labute approximate surface area is 192 Å². The van der Waals surface area contributed by atoms with Gasteiger partial charge in [0.25, 0.3) is 5.91 Å². The Morgan fingerprint density at radius 3 is 2.52 bits per heavy atom. The van der Waals surface area contributed by atoms with Gasteiger partial charge in [0, 0.05) is 43.4 Å². The van der Waals surface area contributed by atoms with Gasteiger partial charge in [-0.3, -0.25) is 9.78 Å². The normalized spacial score (nSPS) is 16.8. The topological polar surface area (TPSA) is 74.2 Å². The minimum Gasteiger partial charge on any atom is -0.364 e. The molecule has 1 saturated carbocycles. The predicted octanol–water partition coefficient (Wildman–Crippen LogP) is 4.23. The van der Waals surface area contributed by atoms with Crippen LogP contribution in [-0.4, -0.2) is 58.0 Å². The third-order valence-corrected chi connectivity index (χ3v) is 5.99. The van der Waals surface area contributed by atoms with Crippen LogP contribution in [-0.2, 0) is 6.18 Å². The number of piperazine rings is 1. The lowest BCUT2D eigenvalue weighted by Crippen LogP contribution is -2.49. The Balaban J connectivity index is 1.37. The highest BCUT2D eigenvalue weighted by Crippen LogP contribution is 2.35. The summed E-state index contributed by atoms with van der Waals surface area (Å²) in [4.78, 5) is 29.9. The van der Waals surface area contributed by atoms with Crippen molar-refractivity contribution in [2.45, 2.75) is 25.1 Å². The van der Waals surface area contributed by atoms with Gasteiger partial charge >= 0.3 is 6.18 Å². The third kappa shape index (κ3) is 4.52. The summed E-state index contributed by atoms with van der Waals surface area (Å²) in [6, 6.07) is 5.39. The molecule has 172 valence electrons. The maximum atomic E-state index is 13.5. The van der Waals surface area contributed by atoms with Crippen LogP contribution in [0.15, 0.2) is 36.7 Å². The molecule has 0 unspecified atom stereocenters. The second kappa shape index (κ2) is 8.33. The van der Waals surface area contributed by atoms with Gasteiger partial charge < -0.3 is 15.1 Å². The van der Waals surface area contributed by atoms with E-state index in [0.717, 1.165) is 30.5 Å². The average Bonchev–Trinajstić information content (AvgIpc) is 3.62. The van der Waals surface area contributed by atoms with Gasteiger partial charge in [-0.25, -0.2) is 9.97 Å². The fourth-order valence-corrected chi connectivity index (χ4v) is 4.04. The number of alkyl halides is 3. The van der Waals surface area contributed by atoms with E-state index in [2.05, 4.69) is 10.3 Å². The van der Waals surface area contributed by atoms with Crippen molar-refractivity contribution in [3.63, 3.8) is 0 Å². The van der Waals surface area contributed by atoms with E-state index in [1.807, 2.05) is 4.90 Å². The second-order valence-electron chi connectivity index (χ2n) is 8.15. The number of aromatic nitrogens is 3. The van der Waals surface area contributed by atoms with Crippen LogP contribution >= 0.6 is 11.6 Å². The summed E-state index contributed by atoms with van der Waals surface area (Å²) >= 11 is 5.74. The zero-order valence-electron chi connectivity index (χ0n) is 17.4. The molecule has 2 aliphatic rings. The van der Waals surface area contributed by atoms with E-state index in [9.17, 15) is 18.0 Å². The van der Waals surface area contributed by atoms with Crippen molar-refractivity contribution in [3.8, 4) is 0 Å². The van der Waals surface area contributed by atoms with Gasteiger partial charge in [0.05, 0.1) is 22.8 Å². The van der Waals surface area contributed by atoms with E-state index in [0.29, 0.717) is 36.3 Å². The fourth-order valence-electron chi connectivity index (χ4n) is 3.86. The minimum absolute atomic E-state index is 0.0660. The summed E-state index contributed by atoms with van der Waals surface area (Å²) in [5, 5.41) is 3.34. The van der Waals surface area contributed by atoms with E-state index in [1.165, 1.54) is 11.0 Å². The van der Waals surface area contributed by atoms with Gasteiger partial charge in [-0.15, -0.1) is 0 Å². The summed E-state index contributed by atoms with van der Waals surface area (Å²) in [6.45, 7) is 1.35. The Morgan fingerprint density at radius 2 is 1.82 bits per heavy atom. The third-order valence-electron chi connectivity index (χ3n) is 5.75. The van der Waals surface area contributed by atoms with Crippen molar-refractivity contribution in [2.75, 3.05) is 36.4 Å². The second-order valence-corrected chi connectivity index (χ2v) is 8.58. The molecule has 2 fully saturated rings. The van der Waals surface area contributed by atoms with Gasteiger partial charge in [-0.1, -0.05) is 11.6 Å². The van der Waals surface area contributed by atoms with Crippen LogP contribution in [0.1, 0.15) is 28.8 Å². The highest BCUT2D eigenvalue weighted by Gasteiger charge is 2.37. The molecule has 33 heavy (non-hydrogen) atoms. The molecule has 0 spiro atoms. The first-order chi connectivity index (χ1) is 15.8. The van der Waals surface area contributed by atoms with Crippen LogP contribution in [0.5, 0.6) is 0 Å². The van der Waals surface area contributed by atoms with Crippen LogP contribution < -0.4 is 10.2 Å². The number of benzene rings is 1. The van der Waals surface area contributed by atoms with Gasteiger partial charge in [0.15, 0.2) is 11.6 Å². The van der Waals surface area contributed by atoms with E-state index < -0.39 is 23.2 Å². The summed E-state index contributed by atoms with van der Waals surface area (Å²) in [6.07, 6.45) is 0.774. The molecule has 7 nitrogen and oxygen atoms in total. The van der Waals surface area contributed by atoms with Crippen LogP contribution in [0.4, 0.5) is 24.8 Å². The monoisotopic (exact) mass is 476 g/mol. The lowest BCUT2D eigenvalue weighted by Gasteiger charge is -2.36. The van der Waals surface area contributed by atoms with Crippen LogP contribution in [0.2, 0.25) is 5.02 Å². The number of fused-ring (bicyclic) bond motifs is 1. The highest BCUT2D eigenvalue weighted by atomic mass is 35.5. The van der Waals surface area contributed by atoms with Crippen LogP contribution in [0.3, 0.4) is 0 Å². The first-order valence-electron chi connectivity index (χ1n) is 10.6. The quantitative estimate of drug-likeness (QED) is 0.607. The van der Waals surface area contributed by atoms with Crippen molar-refractivity contribution in [1.82, 2.24) is 19.9 Å². The molecular weight excluding hydrogens is 457 g/mol. The Kier molecular flexibility index (Phi) is 5.48. The molecule has 5 rings (SSSR count). The Morgan fingerprint density at radius 1 is 1.06 bits per heavy atom. The molecule has 1 saturated heterocycles. The van der Waals surface area contributed by atoms with Crippen LogP contribution in [0.25, 0.3) is 11.0 Å². The van der Waals surface area contributed by atoms with Crippen molar-refractivity contribution in [1.29, 1.82) is 0 Å². The number of carbonyl (C=O) groups excluding carboxylic acids is 1. The predicted molar refractivity (Wildman–Crippen MR) is 119 cm³/mol. The number of nitrogens with one attached hydrogen (secondary N) is 1. The molecular formula is C22H20ClF3N6O. The molecule has 0 atom stereocenters. The van der Waals surface area contributed by atoms with Gasteiger partial charge in [0.2, 0.25) is 0 Å². The molecule has 11 heteroatoms. The van der Waals surface area contributed by atoms with Crippen molar-refractivity contribution in [2.24, 2.45) is 0 Å². The number of hydrogen-bond donors (Lipinski definition) is 1. The fraction of sp³-hybridized carbons (Fsp3) is 0.364. The van der Waals surface area contributed by atoms with Crippen molar-refractivity contribution >= 4 is 40.2 Å². The summed E-state index contributed by atoms with van der Waals surface area (Å²) in [5.41, 5.74) is -0.0317. The molecule has 0 radical (unpaired) electrons. The standard InChI is InChI=1S/C22H20ClF3N6O/c23-13-1-4-15(16(11-13)22(24,25)26)21(33)32-9-7-31(8-10-32)20-19(28-14-2-3-14)29-17-5-6-27-12-18(17)30-20/h1,4-6,11-12,14H,2-3,7-10H2,(H,28,29). The molecule has 1 amide bonds. The maximum Gasteiger partial charge on any atom is 0.417 e. The molecule has 0 bridgehead atoms. The molecule has 1 aromatic carbocycles. The molecule has 1 aliphatic carbocycles. The van der Waals surface area contributed by atoms with Crippen molar-refractivity contribution in [3.05, 3.63) is 52.8 Å². The molecule has 2 aromatic heterocycles. The lowest BCUT2D eigenvalue weighted by molar-refractivity contribution is -0.138. The largest absolute Gasteiger partial charge is 0.417 e. The zero-order valence-corrected chi connectivity index (χ0v) is 18.2.